The minimum absolute atomic E-state index is 0.380. The van der Waals surface area contributed by atoms with Gasteiger partial charge in [-0.2, -0.15) is 0 Å². The lowest BCUT2D eigenvalue weighted by Gasteiger charge is -2.16. The number of carbonyl (C=O) groups is 1. The largest absolute Gasteiger partial charge is 0.345 e. The molecule has 0 saturated heterocycles. The molecule has 1 aromatic carbocycles. The third-order valence-corrected chi connectivity index (χ3v) is 2.72. The minimum atomic E-state index is -0.380. The summed E-state index contributed by atoms with van der Waals surface area (Å²) in [4.78, 5) is 16.5. The van der Waals surface area contributed by atoms with Gasteiger partial charge in [-0.25, -0.2) is 9.86 Å². The van der Waals surface area contributed by atoms with E-state index in [1.165, 1.54) is 7.05 Å². The Balaban J connectivity index is 2.66. The standard InChI is InChI=1S/C9H9Cl2IN2O2/c1-14(16-5-12)9(15)13-6-2-3-7(10)8(11)4-6/h2-4H,5H2,1H3,(H,13,15). The van der Waals surface area contributed by atoms with E-state index in [0.29, 0.717) is 20.3 Å². The summed E-state index contributed by atoms with van der Waals surface area (Å²) in [5.74, 6) is 0. The fraction of sp³-hybridized carbons (Fsp3) is 0.222. The first-order chi connectivity index (χ1) is 7.54. The number of anilines is 1. The van der Waals surface area contributed by atoms with E-state index in [1.807, 2.05) is 22.6 Å². The molecule has 0 aliphatic heterocycles. The number of amides is 2. The topological polar surface area (TPSA) is 41.6 Å². The van der Waals surface area contributed by atoms with Crippen molar-refractivity contribution in [2.45, 2.75) is 0 Å². The summed E-state index contributed by atoms with van der Waals surface area (Å²) in [7, 11) is 1.52. The van der Waals surface area contributed by atoms with Gasteiger partial charge >= 0.3 is 6.03 Å². The molecule has 0 radical (unpaired) electrons. The van der Waals surface area contributed by atoms with Crippen LogP contribution in [0.15, 0.2) is 18.2 Å². The van der Waals surface area contributed by atoms with E-state index in [-0.39, 0.29) is 6.03 Å². The Morgan fingerprint density at radius 3 is 2.75 bits per heavy atom. The fourth-order valence-corrected chi connectivity index (χ4v) is 1.62. The number of hydrogen-bond donors (Lipinski definition) is 1. The van der Waals surface area contributed by atoms with Gasteiger partial charge in [-0.1, -0.05) is 45.8 Å². The third-order valence-electron chi connectivity index (χ3n) is 1.70. The molecule has 1 aromatic rings. The first-order valence-corrected chi connectivity index (χ1v) is 6.51. The SMILES string of the molecule is CN(OCI)C(=O)Nc1ccc(Cl)c(Cl)c1. The molecule has 1 rings (SSSR count). The zero-order valence-electron chi connectivity index (χ0n) is 8.34. The van der Waals surface area contributed by atoms with Gasteiger partial charge in [-0.3, -0.25) is 4.84 Å². The van der Waals surface area contributed by atoms with Gasteiger partial charge in [0.05, 0.1) is 10.0 Å². The van der Waals surface area contributed by atoms with Gasteiger partial charge in [0.15, 0.2) is 0 Å². The number of nitrogens with zero attached hydrogens (tertiary/aromatic N) is 1. The van der Waals surface area contributed by atoms with Gasteiger partial charge in [0, 0.05) is 12.7 Å². The molecular weight excluding hydrogens is 366 g/mol. The fourth-order valence-electron chi connectivity index (χ4n) is 0.908. The maximum Gasteiger partial charge on any atom is 0.345 e. The zero-order valence-corrected chi connectivity index (χ0v) is 12.0. The molecule has 0 aliphatic rings. The maximum atomic E-state index is 11.5. The van der Waals surface area contributed by atoms with Crippen LogP contribution in [0.1, 0.15) is 0 Å². The van der Waals surface area contributed by atoms with Crippen molar-refractivity contribution in [3.8, 4) is 0 Å². The summed E-state index contributed by atoms with van der Waals surface area (Å²) in [5, 5.41) is 4.54. The second-order valence-electron chi connectivity index (χ2n) is 2.79. The number of alkyl halides is 1. The summed E-state index contributed by atoms with van der Waals surface area (Å²) in [6.45, 7) is 0. The maximum absolute atomic E-state index is 11.5. The number of hydroxylamine groups is 2. The smallest absolute Gasteiger partial charge is 0.306 e. The second kappa shape index (κ2) is 6.48. The molecule has 1 N–H and O–H groups in total. The van der Waals surface area contributed by atoms with Crippen LogP contribution in [0, 0.1) is 0 Å². The highest BCUT2D eigenvalue weighted by molar-refractivity contribution is 14.1. The van der Waals surface area contributed by atoms with Crippen LogP contribution in [0.2, 0.25) is 10.0 Å². The van der Waals surface area contributed by atoms with E-state index in [2.05, 4.69) is 5.32 Å². The zero-order chi connectivity index (χ0) is 12.1. The van der Waals surface area contributed by atoms with E-state index in [4.69, 9.17) is 28.0 Å². The van der Waals surface area contributed by atoms with Gasteiger partial charge in [0.2, 0.25) is 0 Å². The molecule has 0 unspecified atom stereocenters. The summed E-state index contributed by atoms with van der Waals surface area (Å²) >= 11 is 13.6. The minimum Gasteiger partial charge on any atom is -0.306 e. The predicted molar refractivity (Wildman–Crippen MR) is 73.2 cm³/mol. The van der Waals surface area contributed by atoms with Crippen LogP contribution in [-0.2, 0) is 4.84 Å². The number of carbonyl (C=O) groups excluding carboxylic acids is 1. The second-order valence-corrected chi connectivity index (χ2v) is 4.23. The summed E-state index contributed by atoms with van der Waals surface area (Å²) in [6, 6.07) is 4.46. The van der Waals surface area contributed by atoms with Crippen molar-refractivity contribution >= 4 is 57.5 Å². The lowest BCUT2D eigenvalue weighted by molar-refractivity contribution is -0.0643. The van der Waals surface area contributed by atoms with Gasteiger partial charge in [-0.15, -0.1) is 0 Å². The lowest BCUT2D eigenvalue weighted by atomic mass is 10.3. The molecule has 0 spiro atoms. The Bertz CT molecular complexity index is 390. The van der Waals surface area contributed by atoms with Gasteiger partial charge in [0.1, 0.15) is 4.61 Å². The molecular formula is C9H9Cl2IN2O2. The average Bonchev–Trinajstić information content (AvgIpc) is 2.24. The monoisotopic (exact) mass is 374 g/mol. The van der Waals surface area contributed by atoms with Crippen LogP contribution in [-0.4, -0.2) is 22.8 Å². The number of rotatable bonds is 3. The van der Waals surface area contributed by atoms with E-state index in [0.717, 1.165) is 5.06 Å². The Kier molecular flexibility index (Phi) is 5.60. The lowest BCUT2D eigenvalue weighted by Crippen LogP contribution is -2.31. The Hall–Kier alpha value is -0.240. The highest BCUT2D eigenvalue weighted by Crippen LogP contribution is 2.25. The van der Waals surface area contributed by atoms with Crippen molar-refractivity contribution in [1.29, 1.82) is 0 Å². The van der Waals surface area contributed by atoms with E-state index in [9.17, 15) is 4.79 Å². The molecule has 0 heterocycles. The predicted octanol–water partition coefficient (Wildman–Crippen LogP) is 3.78. The van der Waals surface area contributed by atoms with Crippen molar-refractivity contribution in [1.82, 2.24) is 5.06 Å². The van der Waals surface area contributed by atoms with Crippen molar-refractivity contribution in [3.05, 3.63) is 28.2 Å². The summed E-state index contributed by atoms with van der Waals surface area (Å²) in [5.41, 5.74) is 0.559. The number of nitrogens with one attached hydrogen (secondary N) is 1. The molecule has 2 amide bonds. The number of hydrogen-bond acceptors (Lipinski definition) is 2. The Morgan fingerprint density at radius 1 is 1.50 bits per heavy atom. The summed E-state index contributed by atoms with van der Waals surface area (Å²) < 4.78 is 0.392. The number of urea groups is 1. The van der Waals surface area contributed by atoms with Crippen molar-refractivity contribution in [2.75, 3.05) is 17.0 Å². The number of halogens is 3. The molecule has 4 nitrogen and oxygen atoms in total. The van der Waals surface area contributed by atoms with Gasteiger partial charge in [0.25, 0.3) is 0 Å². The van der Waals surface area contributed by atoms with Crippen LogP contribution < -0.4 is 5.32 Å². The van der Waals surface area contributed by atoms with E-state index >= 15 is 0 Å². The Labute approximate surface area is 117 Å². The quantitative estimate of drug-likeness (QED) is 0.497. The van der Waals surface area contributed by atoms with Crippen LogP contribution in [0.3, 0.4) is 0 Å². The normalized spacial score (nSPS) is 10.0. The van der Waals surface area contributed by atoms with Gasteiger partial charge < -0.3 is 5.32 Å². The molecule has 0 bridgehead atoms. The van der Waals surface area contributed by atoms with Crippen LogP contribution in [0.5, 0.6) is 0 Å². The molecule has 7 heteroatoms. The Morgan fingerprint density at radius 2 is 2.19 bits per heavy atom. The molecule has 16 heavy (non-hydrogen) atoms. The van der Waals surface area contributed by atoms with Crippen LogP contribution in [0.25, 0.3) is 0 Å². The highest BCUT2D eigenvalue weighted by atomic mass is 127. The summed E-state index contributed by atoms with van der Waals surface area (Å²) in [6.07, 6.45) is 0. The van der Waals surface area contributed by atoms with Crippen molar-refractivity contribution < 1.29 is 9.63 Å². The first-order valence-electron chi connectivity index (χ1n) is 4.23. The third kappa shape index (κ3) is 3.97. The first kappa shape index (κ1) is 13.8. The molecule has 0 saturated carbocycles. The van der Waals surface area contributed by atoms with E-state index in [1.54, 1.807) is 18.2 Å². The molecule has 0 aliphatic carbocycles. The van der Waals surface area contributed by atoms with Crippen LogP contribution in [0.4, 0.5) is 10.5 Å². The highest BCUT2D eigenvalue weighted by Gasteiger charge is 2.09. The molecule has 0 atom stereocenters. The van der Waals surface area contributed by atoms with Crippen molar-refractivity contribution in [3.63, 3.8) is 0 Å². The van der Waals surface area contributed by atoms with E-state index < -0.39 is 0 Å². The van der Waals surface area contributed by atoms with Gasteiger partial charge in [-0.05, 0) is 18.2 Å². The van der Waals surface area contributed by atoms with Crippen molar-refractivity contribution in [2.24, 2.45) is 0 Å². The molecule has 0 aromatic heterocycles. The molecule has 88 valence electrons. The molecule has 0 fully saturated rings. The average molecular weight is 375 g/mol. The number of benzene rings is 1. The van der Waals surface area contributed by atoms with Crippen LogP contribution >= 0.6 is 45.8 Å².